The third kappa shape index (κ3) is 8.61. The third-order valence-electron chi connectivity index (χ3n) is 2.60. The number of carbonyl (C=O) groups excluding carboxylic acids is 1. The number of carbonyl (C=O) groups is 1. The van der Waals surface area contributed by atoms with Gasteiger partial charge in [-0.15, -0.1) is 0 Å². The van der Waals surface area contributed by atoms with Crippen molar-refractivity contribution in [3.8, 4) is 5.75 Å². The van der Waals surface area contributed by atoms with Gasteiger partial charge in [0.05, 0.1) is 5.56 Å². The van der Waals surface area contributed by atoms with E-state index in [1.165, 1.54) is 0 Å². The summed E-state index contributed by atoms with van der Waals surface area (Å²) in [5, 5.41) is 2.38. The number of halogens is 6. The van der Waals surface area contributed by atoms with Crippen LogP contribution < -0.4 is 10.1 Å². The molecule has 0 saturated heterocycles. The number of alkyl halides is 6. The van der Waals surface area contributed by atoms with Crippen LogP contribution in [0.1, 0.15) is 12.0 Å². The van der Waals surface area contributed by atoms with Crippen LogP contribution in [-0.4, -0.2) is 38.4 Å². The van der Waals surface area contributed by atoms with Crippen LogP contribution in [0.15, 0.2) is 24.3 Å². The van der Waals surface area contributed by atoms with E-state index in [2.05, 4.69) is 10.1 Å². The number of hydrogen-bond donors (Lipinski definition) is 1. The number of nitrogens with one attached hydrogen (secondary N) is 1. The van der Waals surface area contributed by atoms with Crippen LogP contribution in [0, 0.1) is 0 Å². The van der Waals surface area contributed by atoms with Crippen molar-refractivity contribution in [1.29, 1.82) is 0 Å². The van der Waals surface area contributed by atoms with Gasteiger partial charge in [0, 0.05) is 13.2 Å². The van der Waals surface area contributed by atoms with Gasteiger partial charge in [0.1, 0.15) is 12.4 Å². The van der Waals surface area contributed by atoms with Gasteiger partial charge in [0.2, 0.25) is 0 Å². The monoisotopic (exact) mass is 359 g/mol. The van der Waals surface area contributed by atoms with E-state index in [-0.39, 0.29) is 25.3 Å². The summed E-state index contributed by atoms with van der Waals surface area (Å²) in [7, 11) is 0. The Balaban J connectivity index is 2.18. The second kappa shape index (κ2) is 8.76. The van der Waals surface area contributed by atoms with Gasteiger partial charge in [-0.05, 0) is 30.7 Å². The number of hydrogen-bond acceptors (Lipinski definition) is 3. The number of ether oxygens (including phenoxy) is 2. The van der Waals surface area contributed by atoms with E-state index in [9.17, 15) is 31.1 Å². The summed E-state index contributed by atoms with van der Waals surface area (Å²) in [6.07, 6.45) is -8.66. The molecule has 24 heavy (non-hydrogen) atoms. The van der Waals surface area contributed by atoms with Crippen LogP contribution >= 0.6 is 0 Å². The smallest absolute Gasteiger partial charge is 0.416 e. The first-order chi connectivity index (χ1) is 11.1. The molecule has 0 radical (unpaired) electrons. The van der Waals surface area contributed by atoms with Gasteiger partial charge < -0.3 is 14.8 Å². The van der Waals surface area contributed by atoms with Crippen molar-refractivity contribution in [3.63, 3.8) is 0 Å². The molecule has 136 valence electrons. The minimum absolute atomic E-state index is 0.0895. The molecule has 0 aromatic heterocycles. The zero-order valence-corrected chi connectivity index (χ0v) is 12.3. The molecule has 1 aromatic carbocycles. The van der Waals surface area contributed by atoms with E-state index in [1.807, 2.05) is 0 Å². The zero-order valence-electron chi connectivity index (χ0n) is 12.3. The molecule has 1 amide bonds. The van der Waals surface area contributed by atoms with Crippen LogP contribution in [0.4, 0.5) is 26.3 Å². The van der Waals surface area contributed by atoms with Crippen LogP contribution in [-0.2, 0) is 15.7 Å². The van der Waals surface area contributed by atoms with Crippen LogP contribution in [0.2, 0.25) is 0 Å². The molecule has 0 aliphatic heterocycles. The summed E-state index contributed by atoms with van der Waals surface area (Å²) in [6, 6.07) is 3.82. The summed E-state index contributed by atoms with van der Waals surface area (Å²) in [5.41, 5.74) is -0.835. The Hall–Kier alpha value is -1.97. The second-order valence-corrected chi connectivity index (χ2v) is 4.68. The highest BCUT2D eigenvalue weighted by Gasteiger charge is 2.30. The molecule has 1 rings (SSSR count). The Morgan fingerprint density at radius 1 is 1.04 bits per heavy atom. The third-order valence-corrected chi connectivity index (χ3v) is 2.60. The van der Waals surface area contributed by atoms with E-state index >= 15 is 0 Å². The van der Waals surface area contributed by atoms with Crippen molar-refractivity contribution in [3.05, 3.63) is 29.8 Å². The van der Waals surface area contributed by atoms with Crippen LogP contribution in [0.5, 0.6) is 5.75 Å². The fraction of sp³-hybridized carbons (Fsp3) is 0.500. The Kier molecular flexibility index (Phi) is 7.33. The van der Waals surface area contributed by atoms with Crippen molar-refractivity contribution in [1.82, 2.24) is 5.32 Å². The maximum absolute atomic E-state index is 12.3. The molecule has 0 bridgehead atoms. The molecule has 1 N–H and O–H groups in total. The maximum atomic E-state index is 12.3. The van der Waals surface area contributed by atoms with Gasteiger partial charge in [0.25, 0.3) is 5.91 Å². The Morgan fingerprint density at radius 2 is 1.67 bits per heavy atom. The maximum Gasteiger partial charge on any atom is 0.416 e. The van der Waals surface area contributed by atoms with Crippen molar-refractivity contribution in [2.75, 3.05) is 26.4 Å². The lowest BCUT2D eigenvalue weighted by molar-refractivity contribution is -0.174. The Bertz CT molecular complexity index is 513. The van der Waals surface area contributed by atoms with Gasteiger partial charge in [-0.2, -0.15) is 26.3 Å². The minimum atomic E-state index is -4.45. The highest BCUT2D eigenvalue weighted by molar-refractivity contribution is 5.77. The standard InChI is InChI=1S/C14H15F6NO3/c15-13(16,17)9-23-7-1-6-21-12(22)8-24-11-4-2-10(3-5-11)14(18,19)20/h2-5H,1,6-9H2,(H,21,22). The number of benzene rings is 1. The summed E-state index contributed by atoms with van der Waals surface area (Å²) < 4.78 is 81.7. The molecular formula is C14H15F6NO3. The van der Waals surface area contributed by atoms with Gasteiger partial charge in [-0.25, -0.2) is 0 Å². The first-order valence-corrected chi connectivity index (χ1v) is 6.79. The zero-order chi connectivity index (χ0) is 18.2. The molecule has 4 nitrogen and oxygen atoms in total. The average Bonchev–Trinajstić information content (AvgIpc) is 2.47. The predicted octanol–water partition coefficient (Wildman–Crippen LogP) is 3.17. The largest absolute Gasteiger partial charge is 0.484 e. The first-order valence-electron chi connectivity index (χ1n) is 6.79. The molecular weight excluding hydrogens is 344 g/mol. The Labute approximate surface area is 133 Å². The highest BCUT2D eigenvalue weighted by Crippen LogP contribution is 2.30. The highest BCUT2D eigenvalue weighted by atomic mass is 19.4. The van der Waals surface area contributed by atoms with E-state index in [1.54, 1.807) is 0 Å². The van der Waals surface area contributed by atoms with Crippen molar-refractivity contribution < 1.29 is 40.6 Å². The lowest BCUT2D eigenvalue weighted by Crippen LogP contribution is -2.30. The molecule has 0 aliphatic carbocycles. The molecule has 0 spiro atoms. The molecule has 0 atom stereocenters. The van der Waals surface area contributed by atoms with E-state index in [0.29, 0.717) is 0 Å². The van der Waals surface area contributed by atoms with Gasteiger partial charge in [-0.1, -0.05) is 0 Å². The van der Waals surface area contributed by atoms with Crippen LogP contribution in [0.3, 0.4) is 0 Å². The SMILES string of the molecule is O=C(COc1ccc(C(F)(F)F)cc1)NCCCOCC(F)(F)F. The predicted molar refractivity (Wildman–Crippen MR) is 71.4 cm³/mol. The van der Waals surface area contributed by atoms with Gasteiger partial charge in [0.15, 0.2) is 6.61 Å². The summed E-state index contributed by atoms with van der Waals surface area (Å²) in [4.78, 5) is 11.4. The Morgan fingerprint density at radius 3 is 2.21 bits per heavy atom. The van der Waals surface area contributed by atoms with Crippen LogP contribution in [0.25, 0.3) is 0 Å². The molecule has 1 aromatic rings. The van der Waals surface area contributed by atoms with E-state index < -0.39 is 37.0 Å². The van der Waals surface area contributed by atoms with Crippen molar-refractivity contribution >= 4 is 5.91 Å². The van der Waals surface area contributed by atoms with Gasteiger partial charge in [-0.3, -0.25) is 4.79 Å². The quantitative estimate of drug-likeness (QED) is 0.573. The first kappa shape index (κ1) is 20.1. The van der Waals surface area contributed by atoms with Crippen molar-refractivity contribution in [2.24, 2.45) is 0 Å². The fourth-order valence-corrected chi connectivity index (χ4v) is 1.53. The van der Waals surface area contributed by atoms with E-state index in [0.717, 1.165) is 24.3 Å². The molecule has 0 heterocycles. The summed E-state index contributed by atoms with van der Waals surface area (Å²) >= 11 is 0. The normalized spacial score (nSPS) is 12.1. The minimum Gasteiger partial charge on any atom is -0.484 e. The topological polar surface area (TPSA) is 47.6 Å². The summed E-state index contributed by atoms with van der Waals surface area (Å²) in [6.45, 7) is -1.85. The number of amides is 1. The second-order valence-electron chi connectivity index (χ2n) is 4.68. The molecule has 10 heteroatoms. The molecule has 0 aliphatic rings. The molecule has 0 fully saturated rings. The number of rotatable bonds is 8. The van der Waals surface area contributed by atoms with E-state index in [4.69, 9.17) is 4.74 Å². The average molecular weight is 359 g/mol. The summed E-state index contributed by atoms with van der Waals surface area (Å²) in [5.74, 6) is -0.461. The van der Waals surface area contributed by atoms with Crippen molar-refractivity contribution in [2.45, 2.75) is 18.8 Å². The fourth-order valence-electron chi connectivity index (χ4n) is 1.53. The molecule has 0 unspecified atom stereocenters. The lowest BCUT2D eigenvalue weighted by atomic mass is 10.2. The van der Waals surface area contributed by atoms with Gasteiger partial charge >= 0.3 is 12.4 Å². The molecule has 0 saturated carbocycles. The lowest BCUT2D eigenvalue weighted by Gasteiger charge is -2.10.